The van der Waals surface area contributed by atoms with Crippen LogP contribution in [-0.4, -0.2) is 65.4 Å². The fourth-order valence-electron chi connectivity index (χ4n) is 4.25. The number of pyridine rings is 1. The number of hydrogen-bond acceptors (Lipinski definition) is 6. The van der Waals surface area contributed by atoms with Crippen molar-refractivity contribution in [1.29, 1.82) is 0 Å². The average molecular weight is 439 g/mol. The molecule has 2 N–H and O–H groups in total. The van der Waals surface area contributed by atoms with Gasteiger partial charge in [0.2, 0.25) is 0 Å². The highest BCUT2D eigenvalue weighted by molar-refractivity contribution is 5.70. The van der Waals surface area contributed by atoms with Gasteiger partial charge in [0.1, 0.15) is 11.9 Å². The summed E-state index contributed by atoms with van der Waals surface area (Å²) >= 11 is 0. The van der Waals surface area contributed by atoms with Crippen molar-refractivity contribution < 1.29 is 19.4 Å². The number of morpholine rings is 1. The minimum atomic E-state index is -0.717. The van der Waals surface area contributed by atoms with Crippen molar-refractivity contribution in [3.05, 3.63) is 58.9 Å². The normalized spacial score (nSPS) is 17.5. The Morgan fingerprint density at radius 1 is 1.34 bits per heavy atom. The molecule has 1 aliphatic heterocycles. The van der Waals surface area contributed by atoms with Crippen LogP contribution in [0.25, 0.3) is 16.9 Å². The van der Waals surface area contributed by atoms with Gasteiger partial charge in [-0.2, -0.15) is 0 Å². The molecule has 8 heteroatoms. The monoisotopic (exact) mass is 438 g/mol. The molecule has 0 spiro atoms. The van der Waals surface area contributed by atoms with Gasteiger partial charge in [-0.25, -0.2) is 9.78 Å². The van der Waals surface area contributed by atoms with E-state index < -0.39 is 6.23 Å². The number of amides is 1. The number of hydrogen-bond donors (Lipinski definition) is 2. The molecule has 3 aromatic rings. The lowest BCUT2D eigenvalue weighted by molar-refractivity contribution is -0.0241. The number of aromatic nitrogens is 2. The standard InChI is InChI=1S/C24H30N4O4/c1-15-7-8-28-20(13-18-14-27(9-10-32-18)24(30)31-4)22(26-21(28)11-15)19-6-5-17(12-16(19)2)23(29)25-3/h5-8,11-12,18,23,25,29H,9-10,13-14H2,1-4H3/t18-,23?/m0/s1. The number of aliphatic hydroxyl groups excluding tert-OH is 1. The molecule has 0 aliphatic carbocycles. The maximum Gasteiger partial charge on any atom is 0.409 e. The largest absolute Gasteiger partial charge is 0.453 e. The second kappa shape index (κ2) is 9.28. The molecule has 1 aromatic carbocycles. The van der Waals surface area contributed by atoms with Gasteiger partial charge in [-0.1, -0.05) is 18.2 Å². The molecule has 0 radical (unpaired) electrons. The predicted octanol–water partition coefficient (Wildman–Crippen LogP) is 2.84. The van der Waals surface area contributed by atoms with Crippen LogP contribution >= 0.6 is 0 Å². The third-order valence-electron chi connectivity index (χ3n) is 5.97. The minimum absolute atomic E-state index is 0.159. The molecule has 170 valence electrons. The van der Waals surface area contributed by atoms with Crippen molar-refractivity contribution in [2.24, 2.45) is 0 Å². The molecule has 0 saturated carbocycles. The molecule has 1 aliphatic rings. The Hall–Kier alpha value is -2.94. The molecule has 1 saturated heterocycles. The van der Waals surface area contributed by atoms with Gasteiger partial charge in [-0.3, -0.25) is 5.32 Å². The van der Waals surface area contributed by atoms with E-state index in [9.17, 15) is 9.90 Å². The highest BCUT2D eigenvalue weighted by atomic mass is 16.5. The zero-order valence-corrected chi connectivity index (χ0v) is 19.0. The topological polar surface area (TPSA) is 88.3 Å². The molecular formula is C24H30N4O4. The summed E-state index contributed by atoms with van der Waals surface area (Å²) in [5, 5.41) is 13.0. The van der Waals surface area contributed by atoms with Gasteiger partial charge in [-0.15, -0.1) is 0 Å². The van der Waals surface area contributed by atoms with Crippen LogP contribution in [0.15, 0.2) is 36.5 Å². The highest BCUT2D eigenvalue weighted by Gasteiger charge is 2.27. The Morgan fingerprint density at radius 3 is 2.88 bits per heavy atom. The quantitative estimate of drug-likeness (QED) is 0.596. The minimum Gasteiger partial charge on any atom is -0.453 e. The maximum absolute atomic E-state index is 12.0. The van der Waals surface area contributed by atoms with E-state index in [1.807, 2.05) is 38.2 Å². The van der Waals surface area contributed by atoms with E-state index in [1.54, 1.807) is 11.9 Å². The predicted molar refractivity (Wildman–Crippen MR) is 122 cm³/mol. The second-order valence-electron chi connectivity index (χ2n) is 8.22. The molecule has 1 unspecified atom stereocenters. The van der Waals surface area contributed by atoms with E-state index in [4.69, 9.17) is 14.5 Å². The number of benzene rings is 1. The number of aryl methyl sites for hydroxylation is 2. The summed E-state index contributed by atoms with van der Waals surface area (Å²) in [5.74, 6) is 0. The van der Waals surface area contributed by atoms with Gasteiger partial charge >= 0.3 is 6.09 Å². The van der Waals surface area contributed by atoms with Crippen LogP contribution in [0.3, 0.4) is 0 Å². The number of ether oxygens (including phenoxy) is 2. The number of nitrogens with one attached hydrogen (secondary N) is 1. The number of carbonyl (C=O) groups is 1. The van der Waals surface area contributed by atoms with Gasteiger partial charge in [-0.05, 0) is 49.7 Å². The lowest BCUT2D eigenvalue weighted by Crippen LogP contribution is -2.46. The van der Waals surface area contributed by atoms with Gasteiger partial charge in [0, 0.05) is 24.7 Å². The van der Waals surface area contributed by atoms with Gasteiger partial charge in [0.25, 0.3) is 0 Å². The number of fused-ring (bicyclic) bond motifs is 1. The first-order valence-corrected chi connectivity index (χ1v) is 10.8. The van der Waals surface area contributed by atoms with Gasteiger partial charge < -0.3 is 23.9 Å². The number of imidazole rings is 1. The summed E-state index contributed by atoms with van der Waals surface area (Å²) in [5.41, 5.74) is 6.76. The van der Waals surface area contributed by atoms with Gasteiger partial charge in [0.15, 0.2) is 0 Å². The third-order valence-corrected chi connectivity index (χ3v) is 5.97. The Morgan fingerprint density at radius 2 is 2.16 bits per heavy atom. The lowest BCUT2D eigenvalue weighted by atomic mass is 9.99. The Labute approximate surface area is 187 Å². The van der Waals surface area contributed by atoms with Crippen LogP contribution in [0, 0.1) is 13.8 Å². The van der Waals surface area contributed by atoms with Gasteiger partial charge in [0.05, 0.1) is 37.8 Å². The van der Waals surface area contributed by atoms with Crippen LogP contribution in [0.1, 0.15) is 28.6 Å². The van der Waals surface area contributed by atoms with Crippen molar-refractivity contribution in [3.8, 4) is 11.3 Å². The summed E-state index contributed by atoms with van der Waals surface area (Å²) in [6.07, 6.45) is 1.43. The molecule has 3 heterocycles. The lowest BCUT2D eigenvalue weighted by Gasteiger charge is -2.32. The summed E-state index contributed by atoms with van der Waals surface area (Å²) in [4.78, 5) is 18.7. The number of nitrogens with zero attached hydrogens (tertiary/aromatic N) is 3. The molecule has 1 amide bonds. The molecule has 1 fully saturated rings. The zero-order valence-electron chi connectivity index (χ0n) is 19.0. The maximum atomic E-state index is 12.0. The molecule has 2 atom stereocenters. The molecule has 4 rings (SSSR count). The van der Waals surface area contributed by atoms with E-state index in [1.165, 1.54) is 7.11 Å². The molecule has 32 heavy (non-hydrogen) atoms. The van der Waals surface area contributed by atoms with Crippen molar-refractivity contribution in [3.63, 3.8) is 0 Å². The first kappa shape index (κ1) is 22.3. The van der Waals surface area contributed by atoms with E-state index in [2.05, 4.69) is 21.9 Å². The number of methoxy groups -OCH3 is 1. The van der Waals surface area contributed by atoms with E-state index >= 15 is 0 Å². The number of rotatable bonds is 5. The fraction of sp³-hybridized carbons (Fsp3) is 0.417. The fourth-order valence-corrected chi connectivity index (χ4v) is 4.25. The summed E-state index contributed by atoms with van der Waals surface area (Å²) < 4.78 is 13.0. The molecular weight excluding hydrogens is 408 g/mol. The summed E-state index contributed by atoms with van der Waals surface area (Å²) in [6.45, 7) is 5.54. The second-order valence-corrected chi connectivity index (χ2v) is 8.22. The summed E-state index contributed by atoms with van der Waals surface area (Å²) in [7, 11) is 3.12. The van der Waals surface area contributed by atoms with E-state index in [0.29, 0.717) is 26.1 Å². The zero-order chi connectivity index (χ0) is 22.8. The van der Waals surface area contributed by atoms with Crippen molar-refractivity contribution in [1.82, 2.24) is 19.6 Å². The Bertz CT molecular complexity index is 1130. The average Bonchev–Trinajstić information content (AvgIpc) is 3.14. The number of aliphatic hydroxyl groups is 1. The van der Waals surface area contributed by atoms with Crippen molar-refractivity contribution in [2.45, 2.75) is 32.6 Å². The Kier molecular flexibility index (Phi) is 6.45. The first-order valence-electron chi connectivity index (χ1n) is 10.8. The van der Waals surface area contributed by atoms with Crippen molar-refractivity contribution in [2.75, 3.05) is 33.9 Å². The molecule has 2 aromatic heterocycles. The van der Waals surface area contributed by atoms with E-state index in [0.717, 1.165) is 39.3 Å². The highest BCUT2D eigenvalue weighted by Crippen LogP contribution is 2.31. The first-order chi connectivity index (χ1) is 15.4. The number of carbonyl (C=O) groups excluding carboxylic acids is 1. The van der Waals surface area contributed by atoms with Crippen LogP contribution in [0.2, 0.25) is 0 Å². The van der Waals surface area contributed by atoms with Crippen LogP contribution < -0.4 is 5.32 Å². The molecule has 8 nitrogen and oxygen atoms in total. The van der Waals surface area contributed by atoms with E-state index in [-0.39, 0.29) is 12.2 Å². The van der Waals surface area contributed by atoms with Crippen LogP contribution in [0.4, 0.5) is 4.79 Å². The van der Waals surface area contributed by atoms with Crippen molar-refractivity contribution >= 4 is 11.7 Å². The van der Waals surface area contributed by atoms with Crippen LogP contribution in [0.5, 0.6) is 0 Å². The SMILES string of the molecule is CNC(O)c1ccc(-c2nc3cc(C)ccn3c2C[C@H]2CN(C(=O)OC)CCO2)c(C)c1. The molecule has 0 bridgehead atoms. The third kappa shape index (κ3) is 4.34. The summed E-state index contributed by atoms with van der Waals surface area (Å²) in [6, 6.07) is 10.0. The Balaban J connectivity index is 1.74. The van der Waals surface area contributed by atoms with Crippen LogP contribution in [-0.2, 0) is 15.9 Å². The smallest absolute Gasteiger partial charge is 0.409 e.